The summed E-state index contributed by atoms with van der Waals surface area (Å²) in [6.45, 7) is 16.5. The summed E-state index contributed by atoms with van der Waals surface area (Å²) in [7, 11) is 0. The van der Waals surface area contributed by atoms with E-state index in [4.69, 9.17) is 20.4 Å². The first-order chi connectivity index (χ1) is 20.9. The van der Waals surface area contributed by atoms with Crippen molar-refractivity contribution in [1.29, 1.82) is 0 Å². The summed E-state index contributed by atoms with van der Waals surface area (Å²) in [5.74, 6) is -2.89. The van der Waals surface area contributed by atoms with E-state index < -0.39 is 23.9 Å². The van der Waals surface area contributed by atoms with E-state index in [1.165, 1.54) is 0 Å². The molecule has 9 heteroatoms. The Morgan fingerprint density at radius 3 is 0.578 bits per heavy atom. The van der Waals surface area contributed by atoms with Gasteiger partial charge in [0.25, 0.3) is 0 Å². The fourth-order valence-corrected chi connectivity index (χ4v) is 4.76. The zero-order valence-corrected chi connectivity index (χ0v) is 29.9. The Morgan fingerprint density at radius 2 is 0.489 bits per heavy atom. The van der Waals surface area contributed by atoms with Crippen molar-refractivity contribution in [2.75, 3.05) is 0 Å². The average molecular weight is 665 g/mol. The molecule has 0 radical (unpaired) electrons. The van der Waals surface area contributed by atoms with Gasteiger partial charge in [-0.25, -0.2) is 0 Å². The van der Waals surface area contributed by atoms with E-state index in [1.54, 1.807) is 0 Å². The number of hydrogen-bond donors (Lipinski definition) is 4. The fourth-order valence-electron chi connectivity index (χ4n) is 4.76. The topological polar surface area (TPSA) is 149 Å². The van der Waals surface area contributed by atoms with Crippen molar-refractivity contribution < 1.29 is 39.6 Å². The van der Waals surface area contributed by atoms with Gasteiger partial charge >= 0.3 is 23.9 Å². The Morgan fingerprint density at radius 1 is 0.333 bits per heavy atom. The van der Waals surface area contributed by atoms with E-state index in [1.807, 2.05) is 27.7 Å². The van der Waals surface area contributed by atoms with Gasteiger partial charge in [-0.15, -0.1) is 0 Å². The van der Waals surface area contributed by atoms with E-state index in [9.17, 15) is 19.2 Å². The Bertz CT molecular complexity index is 559. The van der Waals surface area contributed by atoms with Crippen molar-refractivity contribution in [3.05, 3.63) is 0 Å². The highest BCUT2D eigenvalue weighted by molar-refractivity contribution is 5.75. The molecule has 0 aromatic rings. The molecule has 0 bridgehead atoms. The van der Waals surface area contributed by atoms with Crippen LogP contribution in [-0.2, 0) is 19.2 Å². The third-order valence-electron chi connectivity index (χ3n) is 7.57. The van der Waals surface area contributed by atoms with Gasteiger partial charge < -0.3 is 20.4 Å². The van der Waals surface area contributed by atoms with E-state index in [0.29, 0.717) is 0 Å². The Balaban J connectivity index is -0.000000157. The van der Waals surface area contributed by atoms with Crippen LogP contribution < -0.4 is 0 Å². The van der Waals surface area contributed by atoms with E-state index in [2.05, 4.69) is 27.7 Å². The van der Waals surface area contributed by atoms with Crippen molar-refractivity contribution in [3.63, 3.8) is 0 Å². The molecule has 0 saturated heterocycles. The molecule has 0 heterocycles. The second kappa shape index (κ2) is 40.1. The molecule has 8 nitrogen and oxygen atoms in total. The van der Waals surface area contributed by atoms with Crippen LogP contribution in [0.1, 0.15) is 184 Å². The summed E-state index contributed by atoms with van der Waals surface area (Å²) >= 11 is 0. The predicted molar refractivity (Wildman–Crippen MR) is 194 cm³/mol. The maximum Gasteiger partial charge on any atom is 0.306 e. The lowest BCUT2D eigenvalue weighted by Gasteiger charge is -2.08. The lowest BCUT2D eigenvalue weighted by molar-refractivity contribution is -0.143. The molecule has 0 aliphatic carbocycles. The average Bonchev–Trinajstić information content (AvgIpc) is 2.98. The standard InChI is InChI=1S/4C9H18O2.H4Si/c4*1-3-5-7-8(6-4-2)9(10)11;/h4*8H,3-7H2,1-2H3,(H,10,11);1H4. The molecule has 4 atom stereocenters. The molecule has 0 rings (SSSR count). The molecular formula is C36H76O8Si. The minimum absolute atomic E-state index is 0. The highest BCUT2D eigenvalue weighted by Gasteiger charge is 2.16. The number of hydrogen-bond acceptors (Lipinski definition) is 4. The predicted octanol–water partition coefficient (Wildman–Crippen LogP) is 9.26. The highest BCUT2D eigenvalue weighted by atomic mass is 28.1. The van der Waals surface area contributed by atoms with Crippen LogP contribution in [0.5, 0.6) is 0 Å². The van der Waals surface area contributed by atoms with Gasteiger partial charge in [0.1, 0.15) is 0 Å². The van der Waals surface area contributed by atoms with Gasteiger partial charge in [-0.2, -0.15) is 0 Å². The van der Waals surface area contributed by atoms with Crippen LogP contribution in [-0.4, -0.2) is 55.3 Å². The first kappa shape index (κ1) is 52.6. The number of aliphatic carboxylic acids is 4. The second-order valence-electron chi connectivity index (χ2n) is 11.9. The fraction of sp³-hybridized carbons (Fsp3) is 0.889. The molecule has 0 spiro atoms. The van der Waals surface area contributed by atoms with Crippen LogP contribution in [0.25, 0.3) is 0 Å². The normalized spacial score (nSPS) is 12.6. The van der Waals surface area contributed by atoms with Crippen molar-refractivity contribution >= 4 is 34.8 Å². The van der Waals surface area contributed by atoms with Crippen molar-refractivity contribution in [2.45, 2.75) is 184 Å². The zero-order chi connectivity index (χ0) is 34.8. The second-order valence-corrected chi connectivity index (χ2v) is 11.9. The van der Waals surface area contributed by atoms with Crippen LogP contribution in [0.4, 0.5) is 0 Å². The summed E-state index contributed by atoms with van der Waals surface area (Å²) in [6, 6.07) is 0. The first-order valence-corrected chi connectivity index (χ1v) is 17.8. The lowest BCUT2D eigenvalue weighted by atomic mass is 9.97. The molecule has 0 aliphatic heterocycles. The highest BCUT2D eigenvalue weighted by Crippen LogP contribution is 2.17. The largest absolute Gasteiger partial charge is 0.481 e. The van der Waals surface area contributed by atoms with Gasteiger partial charge in [0.2, 0.25) is 0 Å². The maximum atomic E-state index is 10.6. The molecule has 0 aromatic carbocycles. The van der Waals surface area contributed by atoms with Gasteiger partial charge in [0.05, 0.1) is 23.7 Å². The van der Waals surface area contributed by atoms with E-state index in [-0.39, 0.29) is 34.6 Å². The van der Waals surface area contributed by atoms with Gasteiger partial charge in [0.15, 0.2) is 0 Å². The van der Waals surface area contributed by atoms with Crippen LogP contribution in [0.2, 0.25) is 0 Å². The Hall–Kier alpha value is -1.90. The van der Waals surface area contributed by atoms with Gasteiger partial charge in [-0.3, -0.25) is 19.2 Å². The molecule has 0 aromatic heterocycles. The lowest BCUT2D eigenvalue weighted by Crippen LogP contribution is -2.12. The Kier molecular flexibility index (Phi) is 46.9. The van der Waals surface area contributed by atoms with Crippen molar-refractivity contribution in [3.8, 4) is 0 Å². The van der Waals surface area contributed by atoms with Crippen LogP contribution >= 0.6 is 0 Å². The third kappa shape index (κ3) is 38.2. The SMILES string of the molecule is CCCCC(CCC)C(=O)O.CCCCC(CCC)C(=O)O.CCCCC(CCC)C(=O)O.CCCCC(CCC)C(=O)O.[SiH4]. The molecule has 4 N–H and O–H groups in total. The van der Waals surface area contributed by atoms with E-state index >= 15 is 0 Å². The number of carboxylic acid groups (broad SMARTS) is 4. The molecule has 272 valence electrons. The zero-order valence-electron chi connectivity index (χ0n) is 29.9. The summed E-state index contributed by atoms with van der Waals surface area (Å²) in [5, 5.41) is 34.9. The molecule has 0 saturated carbocycles. The van der Waals surface area contributed by atoms with E-state index in [0.717, 1.165) is 128 Å². The Labute approximate surface area is 281 Å². The quantitative estimate of drug-likeness (QED) is 0.0746. The molecule has 0 aliphatic rings. The van der Waals surface area contributed by atoms with Gasteiger partial charge in [0, 0.05) is 0 Å². The first-order valence-electron chi connectivity index (χ1n) is 17.8. The van der Waals surface area contributed by atoms with Crippen molar-refractivity contribution in [2.24, 2.45) is 23.7 Å². The number of unbranched alkanes of at least 4 members (excludes halogenated alkanes) is 4. The van der Waals surface area contributed by atoms with Gasteiger partial charge in [-0.05, 0) is 62.3 Å². The smallest absolute Gasteiger partial charge is 0.306 e. The molecule has 0 fully saturated rings. The van der Waals surface area contributed by atoms with Gasteiger partial charge in [-0.1, -0.05) is 132 Å². The molecule has 45 heavy (non-hydrogen) atoms. The molecular weight excluding hydrogens is 588 g/mol. The summed E-state index contributed by atoms with van der Waals surface area (Å²) in [5.41, 5.74) is 0. The number of rotatable bonds is 24. The monoisotopic (exact) mass is 665 g/mol. The summed E-state index contributed by atoms with van der Waals surface area (Å²) in [6.07, 6.45) is 19.1. The molecule has 4 unspecified atom stereocenters. The van der Waals surface area contributed by atoms with Crippen LogP contribution in [0.3, 0.4) is 0 Å². The van der Waals surface area contributed by atoms with Crippen LogP contribution in [0, 0.1) is 23.7 Å². The number of carbonyl (C=O) groups is 4. The minimum Gasteiger partial charge on any atom is -0.481 e. The minimum atomic E-state index is -0.625. The van der Waals surface area contributed by atoms with Crippen molar-refractivity contribution in [1.82, 2.24) is 0 Å². The number of carboxylic acids is 4. The third-order valence-corrected chi connectivity index (χ3v) is 7.57. The molecule has 0 amide bonds. The summed E-state index contributed by atoms with van der Waals surface area (Å²) < 4.78 is 0. The summed E-state index contributed by atoms with van der Waals surface area (Å²) in [4.78, 5) is 42.4. The van der Waals surface area contributed by atoms with Crippen LogP contribution in [0.15, 0.2) is 0 Å². The maximum absolute atomic E-state index is 10.6.